The molecule has 1 aromatic rings. The van der Waals surface area contributed by atoms with E-state index in [9.17, 15) is 18.3 Å². The third-order valence-electron chi connectivity index (χ3n) is 9.30. The van der Waals surface area contributed by atoms with Gasteiger partial charge in [-0.2, -0.15) is 4.31 Å². The number of hydrogen-bond acceptors (Lipinski definition) is 4. The normalized spacial score (nSPS) is 11.9. The van der Waals surface area contributed by atoms with Crippen LogP contribution in [0.3, 0.4) is 0 Å². The number of aromatic carboxylic acids is 1. The number of nitrogens with zero attached hydrogens (tertiary/aromatic N) is 1. The lowest BCUT2D eigenvalue weighted by Gasteiger charge is -2.23. The molecule has 0 atom stereocenters. The lowest BCUT2D eigenvalue weighted by molar-refractivity contribution is 0.0696. The van der Waals surface area contributed by atoms with E-state index in [1.54, 1.807) is 4.31 Å². The highest BCUT2D eigenvalue weighted by molar-refractivity contribution is 7.89. The Labute approximate surface area is 290 Å². The van der Waals surface area contributed by atoms with E-state index in [0.29, 0.717) is 18.0 Å². The predicted molar refractivity (Wildman–Crippen MR) is 200 cm³/mol. The molecular formula is C39H71NO4S2. The molecular weight excluding hydrogens is 611 g/mol. The molecule has 0 unspecified atom stereocenters. The number of sulfonamides is 1. The van der Waals surface area contributed by atoms with Gasteiger partial charge in [-0.05, 0) is 31.0 Å². The van der Waals surface area contributed by atoms with Crippen molar-refractivity contribution in [2.24, 2.45) is 0 Å². The van der Waals surface area contributed by atoms with Crippen molar-refractivity contribution in [1.29, 1.82) is 0 Å². The van der Waals surface area contributed by atoms with Gasteiger partial charge in [0, 0.05) is 18.0 Å². The Balaban J connectivity index is 2.41. The standard InChI is InChI=1S/C39H71NO4S2/c1-3-5-7-9-11-13-15-17-19-21-23-25-27-29-31-40(46(43,44)38-34-36(39(41)42)33-37(45)35-38)32-30-28-26-24-22-20-18-16-14-12-10-8-6-4-2/h33-35,45H,3-32H2,1-2H3,(H,41,42). The van der Waals surface area contributed by atoms with Gasteiger partial charge in [0.1, 0.15) is 0 Å². The van der Waals surface area contributed by atoms with Crippen LogP contribution < -0.4 is 0 Å². The molecule has 1 N–H and O–H groups in total. The maximum atomic E-state index is 13.7. The molecule has 0 spiro atoms. The topological polar surface area (TPSA) is 74.7 Å². The number of thiol groups is 1. The van der Waals surface area contributed by atoms with Crippen molar-refractivity contribution in [3.05, 3.63) is 23.8 Å². The zero-order chi connectivity index (χ0) is 33.7. The van der Waals surface area contributed by atoms with Gasteiger partial charge in [-0.25, -0.2) is 13.2 Å². The van der Waals surface area contributed by atoms with E-state index in [4.69, 9.17) is 0 Å². The first-order chi connectivity index (χ1) is 22.3. The van der Waals surface area contributed by atoms with Gasteiger partial charge in [0.15, 0.2) is 0 Å². The molecule has 0 aliphatic rings. The van der Waals surface area contributed by atoms with E-state index < -0.39 is 16.0 Å². The lowest BCUT2D eigenvalue weighted by atomic mass is 10.0. The van der Waals surface area contributed by atoms with E-state index in [1.807, 2.05) is 0 Å². The van der Waals surface area contributed by atoms with Gasteiger partial charge in [-0.3, -0.25) is 0 Å². The monoisotopic (exact) mass is 681 g/mol. The molecule has 0 aliphatic heterocycles. The first-order valence-electron chi connectivity index (χ1n) is 19.4. The number of rotatable bonds is 33. The third kappa shape index (κ3) is 21.8. The zero-order valence-electron chi connectivity index (χ0n) is 29.9. The third-order valence-corrected chi connectivity index (χ3v) is 11.4. The Hall–Kier alpha value is -1.05. The van der Waals surface area contributed by atoms with E-state index in [-0.39, 0.29) is 10.5 Å². The smallest absolute Gasteiger partial charge is 0.335 e. The van der Waals surface area contributed by atoms with Crippen LogP contribution >= 0.6 is 12.6 Å². The predicted octanol–water partition coefficient (Wildman–Crippen LogP) is 12.6. The number of carbonyl (C=O) groups is 1. The summed E-state index contributed by atoms with van der Waals surface area (Å²) in [5.41, 5.74) is -0.0426. The van der Waals surface area contributed by atoms with Crippen LogP contribution in [0.25, 0.3) is 0 Å². The van der Waals surface area contributed by atoms with Crippen LogP contribution in [0.2, 0.25) is 0 Å². The summed E-state index contributed by atoms with van der Waals surface area (Å²) >= 11 is 4.30. The summed E-state index contributed by atoms with van der Waals surface area (Å²) in [4.78, 5) is 12.0. The molecule has 0 saturated carbocycles. The highest BCUT2D eigenvalue weighted by Gasteiger charge is 2.25. The van der Waals surface area contributed by atoms with Gasteiger partial charge in [-0.15, -0.1) is 12.6 Å². The van der Waals surface area contributed by atoms with Gasteiger partial charge in [0.25, 0.3) is 0 Å². The fraction of sp³-hybridized carbons (Fsp3) is 0.821. The molecule has 7 heteroatoms. The number of benzene rings is 1. The van der Waals surface area contributed by atoms with Gasteiger partial charge in [0.05, 0.1) is 10.5 Å². The molecule has 268 valence electrons. The van der Waals surface area contributed by atoms with Crippen LogP contribution in [0, 0.1) is 0 Å². The number of carboxylic acids is 1. The molecule has 0 aromatic heterocycles. The second-order valence-electron chi connectivity index (χ2n) is 13.6. The van der Waals surface area contributed by atoms with Crippen molar-refractivity contribution in [3.8, 4) is 0 Å². The molecule has 0 bridgehead atoms. The number of unbranched alkanes of at least 4 members (excludes halogenated alkanes) is 26. The molecule has 1 rings (SSSR count). The van der Waals surface area contributed by atoms with Crippen LogP contribution in [-0.4, -0.2) is 36.9 Å². The molecule has 0 radical (unpaired) electrons. The highest BCUT2D eigenvalue weighted by atomic mass is 32.2. The Kier molecular flexibility index (Phi) is 27.0. The highest BCUT2D eigenvalue weighted by Crippen LogP contribution is 2.23. The average Bonchev–Trinajstić information content (AvgIpc) is 3.03. The van der Waals surface area contributed by atoms with E-state index >= 15 is 0 Å². The van der Waals surface area contributed by atoms with E-state index in [0.717, 1.165) is 38.5 Å². The average molecular weight is 682 g/mol. The summed E-state index contributed by atoms with van der Waals surface area (Å²) < 4.78 is 29.0. The summed E-state index contributed by atoms with van der Waals surface area (Å²) in [5.74, 6) is -1.14. The van der Waals surface area contributed by atoms with Gasteiger partial charge < -0.3 is 5.11 Å². The largest absolute Gasteiger partial charge is 0.478 e. The van der Waals surface area contributed by atoms with Crippen molar-refractivity contribution < 1.29 is 18.3 Å². The summed E-state index contributed by atoms with van der Waals surface area (Å²) in [7, 11) is -3.79. The van der Waals surface area contributed by atoms with Crippen LogP contribution in [0.5, 0.6) is 0 Å². The number of hydrogen-bond donors (Lipinski definition) is 2. The van der Waals surface area contributed by atoms with Crippen molar-refractivity contribution in [2.45, 2.75) is 203 Å². The number of carboxylic acid groups (broad SMARTS) is 1. The minimum Gasteiger partial charge on any atom is -0.478 e. The fourth-order valence-electron chi connectivity index (χ4n) is 6.32. The first kappa shape index (κ1) is 43.0. The quantitative estimate of drug-likeness (QED) is 0.0572. The molecule has 0 heterocycles. The fourth-order valence-corrected chi connectivity index (χ4v) is 8.28. The Morgan fingerprint density at radius 3 is 1.15 bits per heavy atom. The molecule has 1 aromatic carbocycles. The summed E-state index contributed by atoms with van der Waals surface area (Å²) in [6.45, 7) is 5.50. The molecule has 0 amide bonds. The summed E-state index contributed by atoms with van der Waals surface area (Å²) in [6.07, 6.45) is 35.4. The minimum absolute atomic E-state index is 0.0353. The molecule has 0 saturated heterocycles. The van der Waals surface area contributed by atoms with Gasteiger partial charge in [-0.1, -0.05) is 181 Å². The van der Waals surface area contributed by atoms with Gasteiger partial charge >= 0.3 is 5.97 Å². The molecule has 0 aliphatic carbocycles. The molecule has 0 fully saturated rings. The Bertz CT molecular complexity index is 950. The lowest BCUT2D eigenvalue weighted by Crippen LogP contribution is -2.33. The molecule has 46 heavy (non-hydrogen) atoms. The minimum atomic E-state index is -3.79. The van der Waals surface area contributed by atoms with E-state index in [1.165, 1.54) is 159 Å². The Morgan fingerprint density at radius 2 is 0.848 bits per heavy atom. The van der Waals surface area contributed by atoms with Crippen LogP contribution in [0.15, 0.2) is 28.0 Å². The summed E-state index contributed by atoms with van der Waals surface area (Å²) in [6, 6.07) is 4.16. The van der Waals surface area contributed by atoms with Crippen molar-refractivity contribution in [1.82, 2.24) is 4.31 Å². The Morgan fingerprint density at radius 1 is 0.543 bits per heavy atom. The second kappa shape index (κ2) is 28.9. The first-order valence-corrected chi connectivity index (χ1v) is 21.3. The van der Waals surface area contributed by atoms with Crippen molar-refractivity contribution >= 4 is 28.6 Å². The summed E-state index contributed by atoms with van der Waals surface area (Å²) in [5, 5.41) is 9.48. The zero-order valence-corrected chi connectivity index (χ0v) is 31.6. The SMILES string of the molecule is CCCCCCCCCCCCCCCCN(CCCCCCCCCCCCCCCC)S(=O)(=O)c1cc(S)cc(C(=O)O)c1. The van der Waals surface area contributed by atoms with E-state index in [2.05, 4.69) is 26.5 Å². The van der Waals surface area contributed by atoms with Crippen LogP contribution in [0.4, 0.5) is 0 Å². The second-order valence-corrected chi connectivity index (χ2v) is 16.1. The van der Waals surface area contributed by atoms with Crippen LogP contribution in [-0.2, 0) is 10.0 Å². The van der Waals surface area contributed by atoms with Crippen LogP contribution in [0.1, 0.15) is 204 Å². The maximum Gasteiger partial charge on any atom is 0.335 e. The van der Waals surface area contributed by atoms with Crippen molar-refractivity contribution in [3.63, 3.8) is 0 Å². The van der Waals surface area contributed by atoms with Crippen molar-refractivity contribution in [2.75, 3.05) is 13.1 Å². The van der Waals surface area contributed by atoms with Gasteiger partial charge in [0.2, 0.25) is 10.0 Å². The maximum absolute atomic E-state index is 13.7. The molecule has 5 nitrogen and oxygen atoms in total.